The first-order valence-electron chi connectivity index (χ1n) is 4.35. The van der Waals surface area contributed by atoms with Crippen LogP contribution in [0.3, 0.4) is 0 Å². The number of halogens is 2. The summed E-state index contributed by atoms with van der Waals surface area (Å²) in [7, 11) is 0. The van der Waals surface area contributed by atoms with Crippen LogP contribution in [0.1, 0.15) is 19.3 Å². The lowest BCUT2D eigenvalue weighted by atomic mass is 9.94. The van der Waals surface area contributed by atoms with E-state index in [1.807, 2.05) is 0 Å². The molecule has 1 atom stereocenters. The van der Waals surface area contributed by atoms with Crippen LogP contribution in [0, 0.1) is 0 Å². The van der Waals surface area contributed by atoms with E-state index in [-0.39, 0.29) is 5.62 Å². The average Bonchev–Trinajstić information content (AvgIpc) is 2.03. The monoisotopic (exact) mass is 219 g/mol. The van der Waals surface area contributed by atoms with E-state index in [2.05, 4.69) is 10.4 Å². The third-order valence-corrected chi connectivity index (χ3v) is 2.77. The van der Waals surface area contributed by atoms with Gasteiger partial charge in [-0.2, -0.15) is 0 Å². The van der Waals surface area contributed by atoms with Gasteiger partial charge in [-0.15, -0.1) is 0 Å². The fourth-order valence-electron chi connectivity index (χ4n) is 1.28. The molecule has 2 rings (SSSR count). The van der Waals surface area contributed by atoms with Gasteiger partial charge >= 0.3 is 0 Å². The van der Waals surface area contributed by atoms with Crippen molar-refractivity contribution in [2.24, 2.45) is 4.99 Å². The van der Waals surface area contributed by atoms with Crippen molar-refractivity contribution < 1.29 is 0 Å². The number of hydrogen-bond donors (Lipinski definition) is 1. The standard InChI is InChI=1S/C8H11Cl2N3/c9-6-4-11-8(10)13(5-6)12-7-2-1-3-7/h4-5,7-8,12H,1-3H2. The first-order chi connectivity index (χ1) is 6.25. The number of allylic oxidation sites excluding steroid dienone is 1. The van der Waals surface area contributed by atoms with Crippen LogP contribution in [0.25, 0.3) is 0 Å². The largest absolute Gasteiger partial charge is 0.276 e. The second-order valence-corrected chi connectivity index (χ2v) is 4.09. The summed E-state index contributed by atoms with van der Waals surface area (Å²) in [6.07, 6.45) is 7.03. The van der Waals surface area contributed by atoms with E-state index >= 15 is 0 Å². The van der Waals surface area contributed by atoms with Crippen molar-refractivity contribution in [2.75, 3.05) is 0 Å². The highest BCUT2D eigenvalue weighted by atomic mass is 35.5. The molecule has 0 bridgehead atoms. The van der Waals surface area contributed by atoms with Gasteiger partial charge in [0.25, 0.3) is 0 Å². The smallest absolute Gasteiger partial charge is 0.210 e. The topological polar surface area (TPSA) is 27.6 Å². The number of hydrogen-bond acceptors (Lipinski definition) is 3. The summed E-state index contributed by atoms with van der Waals surface area (Å²) in [4.78, 5) is 4.01. The van der Waals surface area contributed by atoms with Gasteiger partial charge in [0.1, 0.15) is 0 Å². The van der Waals surface area contributed by atoms with Crippen LogP contribution >= 0.6 is 23.2 Å². The molecule has 1 N–H and O–H groups in total. The Balaban J connectivity index is 1.93. The van der Waals surface area contributed by atoms with Crippen molar-refractivity contribution in [3.8, 4) is 0 Å². The predicted octanol–water partition coefficient (Wildman–Crippen LogP) is 2.03. The molecule has 0 spiro atoms. The Morgan fingerprint density at radius 3 is 2.92 bits per heavy atom. The third kappa shape index (κ3) is 2.16. The first kappa shape index (κ1) is 9.31. The molecule has 0 aromatic rings. The molecule has 1 unspecified atom stereocenters. The van der Waals surface area contributed by atoms with Crippen molar-refractivity contribution in [1.82, 2.24) is 10.4 Å². The molecule has 13 heavy (non-hydrogen) atoms. The summed E-state index contributed by atoms with van der Waals surface area (Å²) in [5.74, 6) is 0. The van der Waals surface area contributed by atoms with Gasteiger partial charge in [0.2, 0.25) is 5.62 Å². The van der Waals surface area contributed by atoms with Crippen LogP contribution in [0.5, 0.6) is 0 Å². The Hall–Kier alpha value is -0.250. The molecule has 72 valence electrons. The van der Waals surface area contributed by atoms with Crippen molar-refractivity contribution in [2.45, 2.75) is 30.9 Å². The van der Waals surface area contributed by atoms with E-state index in [9.17, 15) is 0 Å². The molecular weight excluding hydrogens is 209 g/mol. The molecular formula is C8H11Cl2N3. The van der Waals surface area contributed by atoms with Crippen LogP contribution in [0.15, 0.2) is 16.2 Å². The maximum Gasteiger partial charge on any atom is 0.210 e. The van der Waals surface area contributed by atoms with E-state index in [0.717, 1.165) is 0 Å². The van der Waals surface area contributed by atoms with Crippen LogP contribution in [0.2, 0.25) is 0 Å². The molecule has 0 saturated heterocycles. The average molecular weight is 220 g/mol. The molecule has 1 heterocycles. The fraction of sp³-hybridized carbons (Fsp3) is 0.625. The minimum atomic E-state index is -0.372. The van der Waals surface area contributed by atoms with Crippen molar-refractivity contribution in [3.63, 3.8) is 0 Å². The van der Waals surface area contributed by atoms with Crippen LogP contribution in [-0.4, -0.2) is 22.9 Å². The second-order valence-electron chi connectivity index (χ2n) is 3.27. The van der Waals surface area contributed by atoms with Crippen molar-refractivity contribution in [1.29, 1.82) is 0 Å². The number of alkyl halides is 1. The van der Waals surface area contributed by atoms with Gasteiger partial charge < -0.3 is 0 Å². The normalized spacial score (nSPS) is 28.6. The molecule has 0 aromatic heterocycles. The summed E-state index contributed by atoms with van der Waals surface area (Å²) < 4.78 is 0. The van der Waals surface area contributed by atoms with Crippen LogP contribution in [0.4, 0.5) is 0 Å². The van der Waals surface area contributed by atoms with Gasteiger partial charge in [-0.05, 0) is 12.8 Å². The van der Waals surface area contributed by atoms with E-state index in [0.29, 0.717) is 11.1 Å². The van der Waals surface area contributed by atoms with E-state index < -0.39 is 0 Å². The summed E-state index contributed by atoms with van der Waals surface area (Å²) in [5, 5.41) is 2.36. The van der Waals surface area contributed by atoms with Gasteiger partial charge in [-0.3, -0.25) is 5.01 Å². The molecule has 1 saturated carbocycles. The number of aliphatic imine (C=N–C) groups is 1. The number of rotatable bonds is 2. The van der Waals surface area contributed by atoms with Gasteiger partial charge in [-0.25, -0.2) is 10.4 Å². The molecule has 1 fully saturated rings. The number of hydrazine groups is 1. The number of nitrogens with zero attached hydrogens (tertiary/aromatic N) is 2. The number of nitrogens with one attached hydrogen (secondary N) is 1. The Morgan fingerprint density at radius 2 is 2.31 bits per heavy atom. The highest BCUT2D eigenvalue weighted by molar-refractivity contribution is 6.39. The summed E-state index contributed by atoms with van der Waals surface area (Å²) in [6, 6.07) is 0.537. The lowest BCUT2D eigenvalue weighted by Gasteiger charge is -2.35. The highest BCUT2D eigenvalue weighted by Gasteiger charge is 2.22. The molecule has 1 aliphatic carbocycles. The summed E-state index contributed by atoms with van der Waals surface area (Å²) in [6.45, 7) is 0. The van der Waals surface area contributed by atoms with Gasteiger partial charge in [0, 0.05) is 18.5 Å². The second kappa shape index (κ2) is 3.86. The SMILES string of the molecule is ClC1=CN(NC2CCC2)C(Cl)N=C1. The zero-order valence-corrected chi connectivity index (χ0v) is 8.59. The van der Waals surface area contributed by atoms with Gasteiger partial charge in [0.05, 0.1) is 5.03 Å². The van der Waals surface area contributed by atoms with E-state index in [1.54, 1.807) is 17.4 Å². The molecule has 5 heteroatoms. The minimum Gasteiger partial charge on any atom is -0.276 e. The Morgan fingerprint density at radius 1 is 1.54 bits per heavy atom. The van der Waals surface area contributed by atoms with Gasteiger partial charge in [0.15, 0.2) is 0 Å². The Bertz CT molecular complexity index is 248. The van der Waals surface area contributed by atoms with Crippen molar-refractivity contribution in [3.05, 3.63) is 11.2 Å². The lowest BCUT2D eigenvalue weighted by Crippen LogP contribution is -2.48. The summed E-state index contributed by atoms with van der Waals surface area (Å²) >= 11 is 11.7. The molecule has 0 aromatic carbocycles. The third-order valence-electron chi connectivity index (χ3n) is 2.25. The maximum absolute atomic E-state index is 5.94. The molecule has 1 aliphatic heterocycles. The minimum absolute atomic E-state index is 0.372. The quantitative estimate of drug-likeness (QED) is 0.569. The van der Waals surface area contributed by atoms with Crippen LogP contribution in [-0.2, 0) is 0 Å². The molecule has 2 aliphatic rings. The molecule has 0 radical (unpaired) electrons. The zero-order valence-electron chi connectivity index (χ0n) is 7.08. The Labute approximate surface area is 87.4 Å². The highest BCUT2D eigenvalue weighted by Crippen LogP contribution is 2.21. The summed E-state index contributed by atoms with van der Waals surface area (Å²) in [5.41, 5.74) is 2.89. The Kier molecular flexibility index (Phi) is 2.77. The zero-order chi connectivity index (χ0) is 9.26. The van der Waals surface area contributed by atoms with Crippen molar-refractivity contribution >= 4 is 29.4 Å². The molecule has 0 amide bonds. The van der Waals surface area contributed by atoms with Gasteiger partial charge in [-0.1, -0.05) is 29.6 Å². The fourth-order valence-corrected chi connectivity index (χ4v) is 1.61. The maximum atomic E-state index is 5.94. The lowest BCUT2D eigenvalue weighted by molar-refractivity contribution is 0.164. The molecule has 3 nitrogen and oxygen atoms in total. The van der Waals surface area contributed by atoms with E-state index in [4.69, 9.17) is 23.2 Å². The van der Waals surface area contributed by atoms with Crippen LogP contribution < -0.4 is 5.43 Å². The first-order valence-corrected chi connectivity index (χ1v) is 5.16. The van der Waals surface area contributed by atoms with E-state index in [1.165, 1.54) is 19.3 Å². The predicted molar refractivity (Wildman–Crippen MR) is 54.7 cm³/mol.